The Bertz CT molecular complexity index is 943. The number of rotatable bonds is 4. The molecular weight excluding hydrogens is 362 g/mol. The van der Waals surface area contributed by atoms with Crippen molar-refractivity contribution in [3.05, 3.63) is 58.4 Å². The van der Waals surface area contributed by atoms with Crippen molar-refractivity contribution in [3.8, 4) is 0 Å². The normalized spacial score (nSPS) is 23.0. The van der Waals surface area contributed by atoms with Crippen LogP contribution >= 0.6 is 0 Å². The number of hydrogen-bond acceptors (Lipinski definition) is 4. The lowest BCUT2D eigenvalue weighted by Gasteiger charge is -2.29. The fourth-order valence-corrected chi connectivity index (χ4v) is 4.57. The van der Waals surface area contributed by atoms with E-state index in [1.54, 1.807) is 7.11 Å². The Morgan fingerprint density at radius 2 is 2.00 bits per heavy atom. The summed E-state index contributed by atoms with van der Waals surface area (Å²) in [6.45, 7) is 1.59. The highest BCUT2D eigenvalue weighted by Gasteiger charge is 2.47. The fraction of sp³-hybridized carbons (Fsp3) is 0.476. The van der Waals surface area contributed by atoms with Gasteiger partial charge in [-0.2, -0.15) is 5.10 Å². The first kappa shape index (κ1) is 17.7. The lowest BCUT2D eigenvalue weighted by atomic mass is 9.99. The first-order valence-corrected chi connectivity index (χ1v) is 9.77. The van der Waals surface area contributed by atoms with Gasteiger partial charge in [-0.15, -0.1) is 0 Å². The lowest BCUT2D eigenvalue weighted by Crippen LogP contribution is -2.33. The molecule has 0 bridgehead atoms. The van der Waals surface area contributed by atoms with Crippen LogP contribution in [0, 0.1) is 11.6 Å². The number of aryl methyl sites for hydroxylation is 1. The molecule has 7 heteroatoms. The van der Waals surface area contributed by atoms with Crippen molar-refractivity contribution < 1.29 is 13.5 Å². The molecule has 1 N–H and O–H groups in total. The number of nitrogens with zero attached hydrogens (tertiary/aromatic N) is 3. The summed E-state index contributed by atoms with van der Waals surface area (Å²) < 4.78 is 36.0. The van der Waals surface area contributed by atoms with Crippen LogP contribution < -0.4 is 10.2 Å². The van der Waals surface area contributed by atoms with Crippen LogP contribution in [0.15, 0.2) is 35.5 Å². The fourth-order valence-electron chi connectivity index (χ4n) is 4.57. The zero-order chi connectivity index (χ0) is 19.5. The van der Waals surface area contributed by atoms with Crippen LogP contribution in [-0.2, 0) is 17.4 Å². The van der Waals surface area contributed by atoms with Gasteiger partial charge in [0.25, 0.3) is 0 Å². The number of hydrogen-bond donors (Lipinski definition) is 1. The molecule has 0 saturated heterocycles. The van der Waals surface area contributed by atoms with Crippen LogP contribution in [0.25, 0.3) is 0 Å². The van der Waals surface area contributed by atoms with Gasteiger partial charge in [0.2, 0.25) is 0 Å². The van der Waals surface area contributed by atoms with Gasteiger partial charge in [-0.05, 0) is 37.0 Å². The van der Waals surface area contributed by atoms with E-state index in [0.29, 0.717) is 6.42 Å². The van der Waals surface area contributed by atoms with Crippen LogP contribution in [0.2, 0.25) is 0 Å². The molecule has 3 heterocycles. The molecule has 2 aliphatic heterocycles. The second kappa shape index (κ2) is 6.30. The van der Waals surface area contributed by atoms with Gasteiger partial charge in [-0.3, -0.25) is 4.68 Å². The average molecular weight is 386 g/mol. The van der Waals surface area contributed by atoms with Crippen molar-refractivity contribution >= 4 is 5.82 Å². The third-order valence-electron chi connectivity index (χ3n) is 6.33. The summed E-state index contributed by atoms with van der Waals surface area (Å²) in [5.41, 5.74) is 3.26. The van der Waals surface area contributed by atoms with Gasteiger partial charge in [0.1, 0.15) is 23.1 Å². The molecule has 28 heavy (non-hydrogen) atoms. The van der Waals surface area contributed by atoms with Crippen LogP contribution in [0.4, 0.5) is 14.6 Å². The highest BCUT2D eigenvalue weighted by molar-refractivity contribution is 5.48. The molecule has 2 aromatic rings. The zero-order valence-electron chi connectivity index (χ0n) is 16.1. The van der Waals surface area contributed by atoms with E-state index in [4.69, 9.17) is 4.74 Å². The molecule has 1 fully saturated rings. The summed E-state index contributed by atoms with van der Waals surface area (Å²) in [5.74, 6) is 0.0879. The summed E-state index contributed by atoms with van der Waals surface area (Å²) >= 11 is 0. The predicted molar refractivity (Wildman–Crippen MR) is 102 cm³/mol. The second-order valence-electron chi connectivity index (χ2n) is 8.00. The number of benzene rings is 1. The van der Waals surface area contributed by atoms with Crippen molar-refractivity contribution in [1.29, 1.82) is 0 Å². The standard InChI is InChI=1S/C21H24F2N4O/c1-26-19(11-18(25-26)21(28-2)7-8-21)27-9-6-16-13(12-27)10-17(24-16)20-14(22)4-3-5-15(20)23/h3-5,11,17,24H,6-10,12H2,1-2H3. The topological polar surface area (TPSA) is 42.3 Å². The summed E-state index contributed by atoms with van der Waals surface area (Å²) in [6.07, 6.45) is 3.47. The first-order chi connectivity index (χ1) is 13.5. The van der Waals surface area contributed by atoms with Crippen molar-refractivity contribution in [2.45, 2.75) is 37.3 Å². The van der Waals surface area contributed by atoms with Gasteiger partial charge in [0.05, 0.1) is 11.7 Å². The number of aromatic nitrogens is 2. The van der Waals surface area contributed by atoms with Gasteiger partial charge in [-0.25, -0.2) is 8.78 Å². The Kier molecular flexibility index (Phi) is 3.98. The largest absolute Gasteiger partial charge is 0.381 e. The molecule has 1 aromatic carbocycles. The van der Waals surface area contributed by atoms with E-state index in [0.717, 1.165) is 49.6 Å². The average Bonchev–Trinajstić information content (AvgIpc) is 3.21. The third-order valence-corrected chi connectivity index (χ3v) is 6.33. The molecule has 0 spiro atoms. The van der Waals surface area contributed by atoms with E-state index >= 15 is 0 Å². The highest BCUT2D eigenvalue weighted by atomic mass is 19.1. The summed E-state index contributed by atoms with van der Waals surface area (Å²) in [7, 11) is 3.70. The molecular formula is C21H24F2N4O. The molecule has 0 amide bonds. The molecule has 3 aliphatic rings. The maximum atomic E-state index is 14.2. The number of halogens is 2. The first-order valence-electron chi connectivity index (χ1n) is 9.77. The zero-order valence-corrected chi connectivity index (χ0v) is 16.1. The molecule has 148 valence electrons. The Hall–Kier alpha value is -2.41. The number of ether oxygens (including phenoxy) is 1. The Labute approximate surface area is 163 Å². The summed E-state index contributed by atoms with van der Waals surface area (Å²) in [5, 5.41) is 8.04. The van der Waals surface area contributed by atoms with Crippen LogP contribution in [0.3, 0.4) is 0 Å². The van der Waals surface area contributed by atoms with E-state index in [9.17, 15) is 8.78 Å². The van der Waals surface area contributed by atoms with Gasteiger partial charge >= 0.3 is 0 Å². The Morgan fingerprint density at radius 3 is 2.68 bits per heavy atom. The number of methoxy groups -OCH3 is 1. The minimum atomic E-state index is -0.486. The molecule has 1 atom stereocenters. The van der Waals surface area contributed by atoms with Gasteiger partial charge in [0.15, 0.2) is 0 Å². The SMILES string of the molecule is COC1(c2cc(N3CCC4=C(CC(c5c(F)cccc5F)N4)C3)n(C)n2)CC1. The molecule has 5 nitrogen and oxygen atoms in total. The van der Waals surface area contributed by atoms with Crippen molar-refractivity contribution in [2.75, 3.05) is 25.1 Å². The molecule has 5 rings (SSSR count). The number of anilines is 1. The van der Waals surface area contributed by atoms with Crippen LogP contribution in [-0.4, -0.2) is 30.0 Å². The van der Waals surface area contributed by atoms with E-state index < -0.39 is 11.6 Å². The minimum absolute atomic E-state index is 0.141. The molecule has 1 unspecified atom stereocenters. The van der Waals surface area contributed by atoms with E-state index in [2.05, 4.69) is 21.4 Å². The van der Waals surface area contributed by atoms with Crippen molar-refractivity contribution in [3.63, 3.8) is 0 Å². The van der Waals surface area contributed by atoms with Crippen LogP contribution in [0.5, 0.6) is 0 Å². The highest BCUT2D eigenvalue weighted by Crippen LogP contribution is 2.49. The van der Waals surface area contributed by atoms with E-state index in [1.165, 1.54) is 23.8 Å². The van der Waals surface area contributed by atoms with Crippen molar-refractivity contribution in [2.24, 2.45) is 7.05 Å². The van der Waals surface area contributed by atoms with Crippen molar-refractivity contribution in [1.82, 2.24) is 15.1 Å². The van der Waals surface area contributed by atoms with Crippen LogP contribution in [0.1, 0.15) is 43.0 Å². The second-order valence-corrected chi connectivity index (χ2v) is 8.00. The maximum Gasteiger partial charge on any atom is 0.131 e. The lowest BCUT2D eigenvalue weighted by molar-refractivity contribution is 0.0747. The predicted octanol–water partition coefficient (Wildman–Crippen LogP) is 3.53. The minimum Gasteiger partial charge on any atom is -0.381 e. The van der Waals surface area contributed by atoms with E-state index in [1.807, 2.05) is 11.7 Å². The third kappa shape index (κ3) is 2.71. The Balaban J connectivity index is 1.35. The molecule has 1 aromatic heterocycles. The molecule has 1 aliphatic carbocycles. The molecule has 1 saturated carbocycles. The summed E-state index contributed by atoms with van der Waals surface area (Å²) in [6, 6.07) is 5.84. The number of nitrogens with one attached hydrogen (secondary N) is 1. The Morgan fingerprint density at radius 1 is 1.25 bits per heavy atom. The van der Waals surface area contributed by atoms with Gasteiger partial charge in [-0.1, -0.05) is 6.07 Å². The maximum absolute atomic E-state index is 14.2. The summed E-state index contributed by atoms with van der Waals surface area (Å²) in [4.78, 5) is 2.29. The van der Waals surface area contributed by atoms with E-state index in [-0.39, 0.29) is 17.2 Å². The smallest absolute Gasteiger partial charge is 0.131 e. The van der Waals surface area contributed by atoms with Gasteiger partial charge < -0.3 is 15.0 Å². The quantitative estimate of drug-likeness (QED) is 0.873. The monoisotopic (exact) mass is 386 g/mol. The van der Waals surface area contributed by atoms with Gasteiger partial charge in [0, 0.05) is 51.0 Å². The molecule has 0 radical (unpaired) electrons.